The summed E-state index contributed by atoms with van der Waals surface area (Å²) in [5.74, 6) is 1.62. The minimum Gasteiger partial charge on any atom is -0.316 e. The van der Waals surface area contributed by atoms with Gasteiger partial charge in [0.1, 0.15) is 0 Å². The van der Waals surface area contributed by atoms with Crippen molar-refractivity contribution >= 4 is 0 Å². The highest BCUT2D eigenvalue weighted by atomic mass is 15.1. The first-order valence-electron chi connectivity index (χ1n) is 7.15. The van der Waals surface area contributed by atoms with Crippen LogP contribution in [0.15, 0.2) is 12.2 Å². The molecule has 1 N–H and O–H groups in total. The molecule has 0 bridgehead atoms. The van der Waals surface area contributed by atoms with Crippen molar-refractivity contribution in [3.05, 3.63) is 12.2 Å². The highest BCUT2D eigenvalue weighted by Gasteiger charge is 2.19. The molecule has 1 atom stereocenters. The number of likely N-dealkylation sites (tertiary alicyclic amines) is 1. The summed E-state index contributed by atoms with van der Waals surface area (Å²) in [5.41, 5.74) is 1.31. The highest BCUT2D eigenvalue weighted by Crippen LogP contribution is 2.16. The monoisotopic (exact) mass is 238 g/mol. The van der Waals surface area contributed by atoms with Gasteiger partial charge in [0, 0.05) is 13.1 Å². The molecule has 2 heteroatoms. The van der Waals surface area contributed by atoms with E-state index in [0.29, 0.717) is 0 Å². The van der Waals surface area contributed by atoms with Crippen LogP contribution in [0.3, 0.4) is 0 Å². The Morgan fingerprint density at radius 3 is 2.88 bits per heavy atom. The number of hydrogen-bond donors (Lipinski definition) is 1. The third-order valence-corrected chi connectivity index (χ3v) is 3.44. The Balaban J connectivity index is 2.17. The maximum absolute atomic E-state index is 3.99. The van der Waals surface area contributed by atoms with E-state index in [0.717, 1.165) is 24.8 Å². The Morgan fingerprint density at radius 2 is 2.24 bits per heavy atom. The number of nitrogens with zero attached hydrogens (tertiary/aromatic N) is 1. The second-order valence-corrected chi connectivity index (χ2v) is 6.07. The smallest absolute Gasteiger partial charge is 0.00219 e. The van der Waals surface area contributed by atoms with Gasteiger partial charge in [0.15, 0.2) is 0 Å². The van der Waals surface area contributed by atoms with E-state index < -0.39 is 0 Å². The normalized spacial score (nSPS) is 22.0. The third-order valence-electron chi connectivity index (χ3n) is 3.44. The van der Waals surface area contributed by atoms with Crippen LogP contribution in [0.5, 0.6) is 0 Å². The molecule has 0 aromatic carbocycles. The number of rotatable bonds is 7. The van der Waals surface area contributed by atoms with E-state index in [1.54, 1.807) is 0 Å². The Kier molecular flexibility index (Phi) is 6.83. The summed E-state index contributed by atoms with van der Waals surface area (Å²) in [7, 11) is 0. The highest BCUT2D eigenvalue weighted by molar-refractivity contribution is 4.89. The van der Waals surface area contributed by atoms with Crippen LogP contribution in [-0.2, 0) is 0 Å². The van der Waals surface area contributed by atoms with Gasteiger partial charge in [0.25, 0.3) is 0 Å². The molecule has 1 rings (SSSR count). The summed E-state index contributed by atoms with van der Waals surface area (Å²) in [4.78, 5) is 2.61. The van der Waals surface area contributed by atoms with Crippen LogP contribution in [0.25, 0.3) is 0 Å². The first kappa shape index (κ1) is 14.7. The molecular weight excluding hydrogens is 208 g/mol. The van der Waals surface area contributed by atoms with E-state index in [1.165, 1.54) is 44.6 Å². The third kappa shape index (κ3) is 6.85. The molecule has 0 spiro atoms. The van der Waals surface area contributed by atoms with Crippen LogP contribution in [-0.4, -0.2) is 37.6 Å². The van der Waals surface area contributed by atoms with E-state index in [-0.39, 0.29) is 0 Å². The maximum atomic E-state index is 3.99. The number of hydrogen-bond acceptors (Lipinski definition) is 2. The Morgan fingerprint density at radius 1 is 1.47 bits per heavy atom. The number of piperidine rings is 1. The summed E-state index contributed by atoms with van der Waals surface area (Å²) in [6.07, 6.45) is 3.92. The van der Waals surface area contributed by atoms with Crippen molar-refractivity contribution in [3.63, 3.8) is 0 Å². The molecule has 0 aromatic heterocycles. The molecule has 0 saturated carbocycles. The van der Waals surface area contributed by atoms with Gasteiger partial charge in [0.2, 0.25) is 0 Å². The SMILES string of the molecule is C=C(C)CCN1CCCC(CNCC(C)C)C1. The van der Waals surface area contributed by atoms with Gasteiger partial charge < -0.3 is 10.2 Å². The summed E-state index contributed by atoms with van der Waals surface area (Å²) in [5, 5.41) is 3.60. The first-order valence-corrected chi connectivity index (χ1v) is 7.15. The molecule has 0 aliphatic carbocycles. The lowest BCUT2D eigenvalue weighted by molar-refractivity contribution is 0.173. The van der Waals surface area contributed by atoms with Crippen molar-refractivity contribution in [2.75, 3.05) is 32.7 Å². The van der Waals surface area contributed by atoms with Gasteiger partial charge in [0.05, 0.1) is 0 Å². The van der Waals surface area contributed by atoms with Crippen molar-refractivity contribution < 1.29 is 0 Å². The lowest BCUT2D eigenvalue weighted by Gasteiger charge is -2.33. The summed E-state index contributed by atoms with van der Waals surface area (Å²) < 4.78 is 0. The van der Waals surface area contributed by atoms with Crippen molar-refractivity contribution in [1.29, 1.82) is 0 Å². The summed E-state index contributed by atoms with van der Waals surface area (Å²) >= 11 is 0. The molecule has 1 saturated heterocycles. The van der Waals surface area contributed by atoms with Gasteiger partial charge in [-0.2, -0.15) is 0 Å². The summed E-state index contributed by atoms with van der Waals surface area (Å²) in [6, 6.07) is 0. The Labute approximate surface area is 107 Å². The quantitative estimate of drug-likeness (QED) is 0.686. The van der Waals surface area contributed by atoms with Crippen LogP contribution in [0.1, 0.15) is 40.0 Å². The zero-order valence-corrected chi connectivity index (χ0v) is 12.0. The van der Waals surface area contributed by atoms with Crippen molar-refractivity contribution in [2.24, 2.45) is 11.8 Å². The van der Waals surface area contributed by atoms with Gasteiger partial charge in [-0.1, -0.05) is 19.4 Å². The zero-order valence-electron chi connectivity index (χ0n) is 12.0. The van der Waals surface area contributed by atoms with Crippen LogP contribution in [0, 0.1) is 11.8 Å². The predicted octanol–water partition coefficient (Wildman–Crippen LogP) is 2.91. The summed E-state index contributed by atoms with van der Waals surface area (Å²) in [6.45, 7) is 16.8. The van der Waals surface area contributed by atoms with Crippen LogP contribution in [0.4, 0.5) is 0 Å². The van der Waals surface area contributed by atoms with Crippen molar-refractivity contribution in [3.8, 4) is 0 Å². The average Bonchev–Trinajstić information content (AvgIpc) is 2.26. The molecule has 0 amide bonds. The zero-order chi connectivity index (χ0) is 12.7. The van der Waals surface area contributed by atoms with Crippen LogP contribution >= 0.6 is 0 Å². The van der Waals surface area contributed by atoms with Crippen LogP contribution in [0.2, 0.25) is 0 Å². The average molecular weight is 238 g/mol. The fraction of sp³-hybridized carbons (Fsp3) is 0.867. The van der Waals surface area contributed by atoms with Gasteiger partial charge in [-0.25, -0.2) is 0 Å². The Hall–Kier alpha value is -0.340. The fourth-order valence-corrected chi connectivity index (χ4v) is 2.45. The van der Waals surface area contributed by atoms with E-state index in [9.17, 15) is 0 Å². The van der Waals surface area contributed by atoms with E-state index in [4.69, 9.17) is 0 Å². The second-order valence-electron chi connectivity index (χ2n) is 6.07. The molecule has 2 nitrogen and oxygen atoms in total. The molecular formula is C15H30N2. The fourth-order valence-electron chi connectivity index (χ4n) is 2.45. The van der Waals surface area contributed by atoms with Crippen LogP contribution < -0.4 is 5.32 Å². The molecule has 100 valence electrons. The van der Waals surface area contributed by atoms with Crippen molar-refractivity contribution in [1.82, 2.24) is 10.2 Å². The standard InChI is InChI=1S/C15H30N2/c1-13(2)7-9-17-8-5-6-15(12-17)11-16-10-14(3)4/h14-16H,1,5-12H2,2-4H3. The lowest BCUT2D eigenvalue weighted by Crippen LogP contribution is -2.40. The lowest BCUT2D eigenvalue weighted by atomic mass is 9.97. The largest absolute Gasteiger partial charge is 0.316 e. The molecule has 1 aliphatic rings. The molecule has 1 unspecified atom stereocenters. The van der Waals surface area contributed by atoms with E-state index in [1.807, 2.05) is 0 Å². The maximum Gasteiger partial charge on any atom is 0.00219 e. The second kappa shape index (κ2) is 7.88. The minimum atomic E-state index is 0.762. The van der Waals surface area contributed by atoms with Crippen molar-refractivity contribution in [2.45, 2.75) is 40.0 Å². The number of nitrogens with one attached hydrogen (secondary N) is 1. The van der Waals surface area contributed by atoms with Gasteiger partial charge >= 0.3 is 0 Å². The van der Waals surface area contributed by atoms with Gasteiger partial charge in [-0.3, -0.25) is 0 Å². The topological polar surface area (TPSA) is 15.3 Å². The molecule has 1 fully saturated rings. The molecule has 1 heterocycles. The van der Waals surface area contributed by atoms with E-state index in [2.05, 4.69) is 37.6 Å². The molecule has 0 aromatic rings. The van der Waals surface area contributed by atoms with E-state index >= 15 is 0 Å². The molecule has 17 heavy (non-hydrogen) atoms. The Bertz CT molecular complexity index is 223. The molecule has 1 aliphatic heterocycles. The van der Waals surface area contributed by atoms with Gasteiger partial charge in [-0.15, -0.1) is 6.58 Å². The first-order chi connectivity index (χ1) is 8.08. The predicted molar refractivity (Wildman–Crippen MR) is 76.3 cm³/mol. The van der Waals surface area contributed by atoms with Gasteiger partial charge in [-0.05, 0) is 57.7 Å². The minimum absolute atomic E-state index is 0.762. The molecule has 0 radical (unpaired) electrons.